The Hall–Kier alpha value is -2.49. The second kappa shape index (κ2) is 8.71. The Morgan fingerprint density at radius 2 is 2.03 bits per heavy atom. The summed E-state index contributed by atoms with van der Waals surface area (Å²) in [6, 6.07) is 9.14. The molecule has 0 unspecified atom stereocenters. The molecule has 1 aromatic carbocycles. The number of carbonyl (C=O) groups excluding carboxylic acids is 1. The first-order valence-corrected chi connectivity index (χ1v) is 10.8. The van der Waals surface area contributed by atoms with E-state index in [1.807, 2.05) is 24.3 Å². The third kappa shape index (κ3) is 4.33. The molecule has 4 aromatic rings. The van der Waals surface area contributed by atoms with Gasteiger partial charge >= 0.3 is 6.09 Å². The Labute approximate surface area is 193 Å². The van der Waals surface area contributed by atoms with Gasteiger partial charge in [0.05, 0.1) is 22.4 Å². The lowest BCUT2D eigenvalue weighted by Crippen LogP contribution is -2.26. The first kappa shape index (κ1) is 20.8. The third-order valence-electron chi connectivity index (χ3n) is 4.13. The number of amides is 1. The number of hydrogen-bond acceptors (Lipinski definition) is 5. The second-order valence-electron chi connectivity index (χ2n) is 6.22. The number of benzene rings is 1. The number of aromatic amines is 1. The van der Waals surface area contributed by atoms with Crippen LogP contribution in [0.25, 0.3) is 33.8 Å². The van der Waals surface area contributed by atoms with Gasteiger partial charge in [-0.15, -0.1) is 0 Å². The van der Waals surface area contributed by atoms with E-state index in [0.717, 1.165) is 25.5 Å². The molecule has 0 aliphatic carbocycles. The molecule has 0 spiro atoms. The van der Waals surface area contributed by atoms with Crippen molar-refractivity contribution >= 4 is 60.6 Å². The van der Waals surface area contributed by atoms with Gasteiger partial charge in [-0.1, -0.05) is 27.5 Å². The molecule has 0 aliphatic rings. The molecule has 10 heteroatoms. The molecule has 2 N–H and O–H groups in total. The highest BCUT2D eigenvalue weighted by Gasteiger charge is 2.13. The Morgan fingerprint density at radius 1 is 1.20 bits per heavy atom. The van der Waals surface area contributed by atoms with E-state index in [0.29, 0.717) is 28.8 Å². The predicted octanol–water partition coefficient (Wildman–Crippen LogP) is 5.97. The number of imidazole rings is 1. The zero-order valence-electron chi connectivity index (χ0n) is 15.5. The highest BCUT2D eigenvalue weighted by molar-refractivity contribution is 9.11. The standard InChI is InChI=1S/C20H14Br2ClN5O2/c1-2-24-20(29)30-12-7-14(23)17(26-9-12)10-3-4-15(25-8-10)19-27-16-6-11(21)5-13(22)18(16)28-19/h3-9H,2H2,1H3,(H,24,29)(H,27,28). The summed E-state index contributed by atoms with van der Waals surface area (Å²) >= 11 is 13.3. The van der Waals surface area contributed by atoms with Gasteiger partial charge in [0.15, 0.2) is 11.6 Å². The SMILES string of the molecule is CCNC(=O)Oc1cnc(-c2ccc(-c3nc4c(Br)cc(Br)cc4[nH]3)nc2)c(Cl)c1. The fraction of sp³-hybridized carbons (Fsp3) is 0.100. The van der Waals surface area contributed by atoms with E-state index in [4.69, 9.17) is 16.3 Å². The molecular formula is C20H14Br2ClN5O2. The topological polar surface area (TPSA) is 92.8 Å². The van der Waals surface area contributed by atoms with E-state index < -0.39 is 6.09 Å². The molecule has 0 fully saturated rings. The van der Waals surface area contributed by atoms with Crippen LogP contribution in [0.5, 0.6) is 5.75 Å². The number of rotatable bonds is 4. The highest BCUT2D eigenvalue weighted by atomic mass is 79.9. The quantitative estimate of drug-likeness (QED) is 0.326. The minimum atomic E-state index is -0.557. The number of halogens is 3. The van der Waals surface area contributed by atoms with Crippen LogP contribution in [0, 0.1) is 0 Å². The normalized spacial score (nSPS) is 10.9. The first-order valence-electron chi connectivity index (χ1n) is 8.87. The van der Waals surface area contributed by atoms with Crippen LogP contribution in [0.1, 0.15) is 6.92 Å². The number of aromatic nitrogens is 4. The minimum Gasteiger partial charge on any atom is -0.409 e. The van der Waals surface area contributed by atoms with E-state index in [9.17, 15) is 4.79 Å². The van der Waals surface area contributed by atoms with Crippen molar-refractivity contribution in [3.8, 4) is 28.5 Å². The summed E-state index contributed by atoms with van der Waals surface area (Å²) in [6.45, 7) is 2.27. The van der Waals surface area contributed by atoms with Crippen molar-refractivity contribution in [2.24, 2.45) is 0 Å². The average molecular weight is 552 g/mol. The third-order valence-corrected chi connectivity index (χ3v) is 5.48. The molecule has 3 aromatic heterocycles. The van der Waals surface area contributed by atoms with Gasteiger partial charge in [-0.3, -0.25) is 9.97 Å². The smallest absolute Gasteiger partial charge is 0.409 e. The van der Waals surface area contributed by atoms with Crippen LogP contribution >= 0.6 is 43.5 Å². The Kier molecular flexibility index (Phi) is 6.03. The largest absolute Gasteiger partial charge is 0.412 e. The van der Waals surface area contributed by atoms with Gasteiger partial charge in [0.1, 0.15) is 11.2 Å². The number of nitrogens with zero attached hydrogens (tertiary/aromatic N) is 3. The lowest BCUT2D eigenvalue weighted by Gasteiger charge is -2.08. The molecule has 0 bridgehead atoms. The maximum Gasteiger partial charge on any atom is 0.412 e. The Morgan fingerprint density at radius 3 is 2.73 bits per heavy atom. The van der Waals surface area contributed by atoms with Crippen LogP contribution in [0.4, 0.5) is 4.79 Å². The molecule has 152 valence electrons. The molecule has 0 aliphatic heterocycles. The van der Waals surface area contributed by atoms with E-state index in [-0.39, 0.29) is 5.75 Å². The number of ether oxygens (including phenoxy) is 1. The summed E-state index contributed by atoms with van der Waals surface area (Å²) in [4.78, 5) is 28.2. The van der Waals surface area contributed by atoms with E-state index in [1.165, 1.54) is 6.20 Å². The van der Waals surface area contributed by atoms with Gasteiger partial charge in [-0.2, -0.15) is 0 Å². The predicted molar refractivity (Wildman–Crippen MR) is 123 cm³/mol. The van der Waals surface area contributed by atoms with Crippen molar-refractivity contribution in [3.05, 3.63) is 56.7 Å². The fourth-order valence-corrected chi connectivity index (χ4v) is 4.39. The lowest BCUT2D eigenvalue weighted by atomic mass is 10.1. The Balaban J connectivity index is 1.59. The number of fused-ring (bicyclic) bond motifs is 1. The monoisotopic (exact) mass is 549 g/mol. The minimum absolute atomic E-state index is 0.262. The van der Waals surface area contributed by atoms with Crippen LogP contribution < -0.4 is 10.1 Å². The fourth-order valence-electron chi connectivity index (χ4n) is 2.81. The van der Waals surface area contributed by atoms with Crippen molar-refractivity contribution in [3.63, 3.8) is 0 Å². The average Bonchev–Trinajstić information content (AvgIpc) is 3.13. The van der Waals surface area contributed by atoms with Crippen LogP contribution in [0.2, 0.25) is 5.02 Å². The first-order chi connectivity index (χ1) is 14.4. The highest BCUT2D eigenvalue weighted by Crippen LogP contribution is 2.31. The van der Waals surface area contributed by atoms with Crippen molar-refractivity contribution in [2.45, 2.75) is 6.92 Å². The van der Waals surface area contributed by atoms with Gasteiger partial charge < -0.3 is 15.0 Å². The molecular weight excluding hydrogens is 538 g/mol. The van der Waals surface area contributed by atoms with E-state index >= 15 is 0 Å². The maximum absolute atomic E-state index is 11.5. The molecule has 7 nitrogen and oxygen atoms in total. The van der Waals surface area contributed by atoms with Gasteiger partial charge in [0.2, 0.25) is 0 Å². The lowest BCUT2D eigenvalue weighted by molar-refractivity contribution is 0.201. The number of nitrogens with one attached hydrogen (secondary N) is 2. The molecule has 0 saturated heterocycles. The maximum atomic E-state index is 11.5. The zero-order chi connectivity index (χ0) is 21.3. The molecule has 30 heavy (non-hydrogen) atoms. The summed E-state index contributed by atoms with van der Waals surface area (Å²) in [5.41, 5.74) is 3.67. The summed E-state index contributed by atoms with van der Waals surface area (Å²) in [6.07, 6.45) is 2.56. The summed E-state index contributed by atoms with van der Waals surface area (Å²) < 4.78 is 6.95. The number of hydrogen-bond donors (Lipinski definition) is 2. The number of carbonyl (C=O) groups is 1. The summed E-state index contributed by atoms with van der Waals surface area (Å²) in [5.74, 6) is 0.915. The molecule has 1 amide bonds. The van der Waals surface area contributed by atoms with Crippen molar-refractivity contribution in [2.75, 3.05) is 6.54 Å². The van der Waals surface area contributed by atoms with Gasteiger partial charge in [0.25, 0.3) is 0 Å². The van der Waals surface area contributed by atoms with Crippen LogP contribution in [-0.2, 0) is 0 Å². The van der Waals surface area contributed by atoms with Crippen LogP contribution in [0.15, 0.2) is 51.7 Å². The molecule has 0 saturated carbocycles. The van der Waals surface area contributed by atoms with Crippen LogP contribution in [-0.4, -0.2) is 32.6 Å². The Bertz CT molecular complexity index is 1240. The summed E-state index contributed by atoms with van der Waals surface area (Å²) in [5, 5.41) is 2.89. The second-order valence-corrected chi connectivity index (χ2v) is 8.40. The molecule has 4 rings (SSSR count). The van der Waals surface area contributed by atoms with Crippen molar-refractivity contribution < 1.29 is 9.53 Å². The number of pyridine rings is 2. The molecule has 0 radical (unpaired) electrons. The number of H-pyrrole nitrogens is 1. The van der Waals surface area contributed by atoms with Crippen LogP contribution in [0.3, 0.4) is 0 Å². The van der Waals surface area contributed by atoms with Gasteiger partial charge in [-0.25, -0.2) is 9.78 Å². The van der Waals surface area contributed by atoms with Crippen molar-refractivity contribution in [1.29, 1.82) is 0 Å². The zero-order valence-corrected chi connectivity index (χ0v) is 19.5. The van der Waals surface area contributed by atoms with Gasteiger partial charge in [0, 0.05) is 33.3 Å². The van der Waals surface area contributed by atoms with Gasteiger partial charge in [-0.05, 0) is 47.1 Å². The van der Waals surface area contributed by atoms with E-state index in [2.05, 4.69) is 57.1 Å². The molecule has 3 heterocycles. The van der Waals surface area contributed by atoms with E-state index in [1.54, 1.807) is 19.2 Å². The van der Waals surface area contributed by atoms with Crippen molar-refractivity contribution in [1.82, 2.24) is 25.3 Å². The molecule has 0 atom stereocenters. The summed E-state index contributed by atoms with van der Waals surface area (Å²) in [7, 11) is 0.